The molecule has 6 nitrogen and oxygen atoms in total. The largest absolute Gasteiger partial charge is 0.436 e. The second-order valence-electron chi connectivity index (χ2n) is 5.65. The minimum absolute atomic E-state index is 0.154. The van der Waals surface area contributed by atoms with Crippen LogP contribution in [0.25, 0.3) is 0 Å². The minimum atomic E-state index is -4.69. The van der Waals surface area contributed by atoms with Gasteiger partial charge < -0.3 is 15.2 Å². The number of rotatable bonds is 3. The first-order valence-electron chi connectivity index (χ1n) is 7.53. The fourth-order valence-electron chi connectivity index (χ4n) is 2.69. The standard InChI is InChI=1S/C16H14F3N3O3/c17-16(18,19)12-8-11(25-22-12)15(24)20-10-6-7-13(23)21-14(10)9-4-2-1-3-5-9/h1-5,8,10,14H,6-7H2,(H,20,24)(H,21,23)/t10-,14+/m1/s1. The van der Waals surface area contributed by atoms with Crippen LogP contribution >= 0.6 is 0 Å². The molecule has 0 unspecified atom stereocenters. The average molecular weight is 353 g/mol. The highest BCUT2D eigenvalue weighted by Crippen LogP contribution is 2.29. The number of piperidine rings is 1. The molecule has 25 heavy (non-hydrogen) atoms. The number of alkyl halides is 3. The Morgan fingerprint density at radius 1 is 1.28 bits per heavy atom. The van der Waals surface area contributed by atoms with E-state index in [4.69, 9.17) is 0 Å². The van der Waals surface area contributed by atoms with Crippen molar-refractivity contribution >= 4 is 11.8 Å². The third kappa shape index (κ3) is 3.81. The van der Waals surface area contributed by atoms with Crippen LogP contribution in [-0.4, -0.2) is 23.0 Å². The number of amides is 2. The van der Waals surface area contributed by atoms with Crippen LogP contribution in [0.15, 0.2) is 40.9 Å². The number of benzene rings is 1. The second kappa shape index (κ2) is 6.58. The van der Waals surface area contributed by atoms with E-state index in [2.05, 4.69) is 20.3 Å². The molecule has 0 aliphatic carbocycles. The molecule has 9 heteroatoms. The van der Waals surface area contributed by atoms with Gasteiger partial charge >= 0.3 is 6.18 Å². The summed E-state index contributed by atoms with van der Waals surface area (Å²) in [5.41, 5.74) is -0.483. The van der Waals surface area contributed by atoms with Crippen molar-refractivity contribution in [2.24, 2.45) is 0 Å². The van der Waals surface area contributed by atoms with E-state index in [1.54, 1.807) is 24.3 Å². The molecular weight excluding hydrogens is 339 g/mol. The number of aromatic nitrogens is 1. The summed E-state index contributed by atoms with van der Waals surface area (Å²) in [6.45, 7) is 0. The van der Waals surface area contributed by atoms with Gasteiger partial charge in [-0.2, -0.15) is 13.2 Å². The normalized spacial score (nSPS) is 20.8. The van der Waals surface area contributed by atoms with Gasteiger partial charge in [0.05, 0.1) is 12.1 Å². The Bertz CT molecular complexity index is 774. The highest BCUT2D eigenvalue weighted by molar-refractivity contribution is 5.92. The van der Waals surface area contributed by atoms with Crippen molar-refractivity contribution in [3.8, 4) is 0 Å². The molecule has 2 heterocycles. The Balaban J connectivity index is 1.76. The zero-order valence-corrected chi connectivity index (χ0v) is 12.8. The van der Waals surface area contributed by atoms with Gasteiger partial charge in [0.25, 0.3) is 5.91 Å². The third-order valence-electron chi connectivity index (χ3n) is 3.90. The van der Waals surface area contributed by atoms with Crippen molar-refractivity contribution < 1.29 is 27.3 Å². The van der Waals surface area contributed by atoms with Crippen LogP contribution in [0.1, 0.15) is 40.7 Å². The topological polar surface area (TPSA) is 84.2 Å². The summed E-state index contributed by atoms with van der Waals surface area (Å²) < 4.78 is 42.1. The molecule has 132 valence electrons. The maximum Gasteiger partial charge on any atom is 0.436 e. The maximum atomic E-state index is 12.5. The minimum Gasteiger partial charge on any atom is -0.350 e. The van der Waals surface area contributed by atoms with Crippen LogP contribution in [-0.2, 0) is 11.0 Å². The molecule has 1 aliphatic rings. The highest BCUT2D eigenvalue weighted by Gasteiger charge is 2.37. The van der Waals surface area contributed by atoms with E-state index in [-0.39, 0.29) is 12.3 Å². The van der Waals surface area contributed by atoms with Gasteiger partial charge in [-0.1, -0.05) is 35.5 Å². The van der Waals surface area contributed by atoms with E-state index in [0.717, 1.165) is 5.56 Å². The van der Waals surface area contributed by atoms with Gasteiger partial charge in [-0.25, -0.2) is 0 Å². The first kappa shape index (κ1) is 17.0. The molecule has 3 rings (SSSR count). The fraction of sp³-hybridized carbons (Fsp3) is 0.312. The molecule has 1 aromatic carbocycles. The monoisotopic (exact) mass is 353 g/mol. The van der Waals surface area contributed by atoms with E-state index in [0.29, 0.717) is 12.5 Å². The Morgan fingerprint density at radius 3 is 2.64 bits per heavy atom. The molecule has 0 radical (unpaired) electrons. The van der Waals surface area contributed by atoms with E-state index < -0.39 is 35.6 Å². The number of hydrogen-bond acceptors (Lipinski definition) is 4. The number of hydrogen-bond donors (Lipinski definition) is 2. The predicted octanol–water partition coefficient (Wildman–Crippen LogP) is 2.44. The predicted molar refractivity (Wildman–Crippen MR) is 79.3 cm³/mol. The summed E-state index contributed by atoms with van der Waals surface area (Å²) in [4.78, 5) is 23.9. The highest BCUT2D eigenvalue weighted by atomic mass is 19.4. The van der Waals surface area contributed by atoms with Crippen LogP contribution in [0.3, 0.4) is 0 Å². The lowest BCUT2D eigenvalue weighted by Gasteiger charge is -2.32. The van der Waals surface area contributed by atoms with E-state index in [1.165, 1.54) is 0 Å². The zero-order chi connectivity index (χ0) is 18.0. The zero-order valence-electron chi connectivity index (χ0n) is 12.8. The molecule has 1 aliphatic heterocycles. The van der Waals surface area contributed by atoms with Crippen LogP contribution in [0.4, 0.5) is 13.2 Å². The van der Waals surface area contributed by atoms with Gasteiger partial charge in [-0.05, 0) is 12.0 Å². The molecule has 0 saturated carbocycles. The van der Waals surface area contributed by atoms with Gasteiger partial charge in [0.1, 0.15) is 0 Å². The lowest BCUT2D eigenvalue weighted by atomic mass is 9.92. The molecule has 2 atom stereocenters. The first-order chi connectivity index (χ1) is 11.8. The van der Waals surface area contributed by atoms with Crippen molar-refractivity contribution in [3.63, 3.8) is 0 Å². The summed E-state index contributed by atoms with van der Waals surface area (Å²) in [5.74, 6) is -1.50. The van der Waals surface area contributed by atoms with Gasteiger partial charge in [-0.15, -0.1) is 0 Å². The number of carbonyl (C=O) groups is 2. The number of nitrogens with zero attached hydrogens (tertiary/aromatic N) is 1. The molecule has 2 N–H and O–H groups in total. The number of halogens is 3. The van der Waals surface area contributed by atoms with Gasteiger partial charge in [0.2, 0.25) is 11.7 Å². The summed E-state index contributed by atoms with van der Waals surface area (Å²) >= 11 is 0. The Kier molecular flexibility index (Phi) is 4.47. The van der Waals surface area contributed by atoms with Crippen LogP contribution < -0.4 is 10.6 Å². The Labute approximate surface area is 140 Å². The molecular formula is C16H14F3N3O3. The quantitative estimate of drug-likeness (QED) is 0.888. The van der Waals surface area contributed by atoms with Crippen LogP contribution in [0.2, 0.25) is 0 Å². The lowest BCUT2D eigenvalue weighted by molar-refractivity contribution is -0.142. The summed E-state index contributed by atoms with van der Waals surface area (Å²) in [7, 11) is 0. The Hall–Kier alpha value is -2.84. The number of carbonyl (C=O) groups excluding carboxylic acids is 2. The molecule has 1 aromatic heterocycles. The maximum absolute atomic E-state index is 12.5. The van der Waals surface area contributed by atoms with Crippen molar-refractivity contribution in [1.82, 2.24) is 15.8 Å². The smallest absolute Gasteiger partial charge is 0.350 e. The van der Waals surface area contributed by atoms with E-state index in [1.807, 2.05) is 6.07 Å². The number of nitrogens with one attached hydrogen (secondary N) is 2. The molecule has 2 aromatic rings. The Morgan fingerprint density at radius 2 is 2.00 bits per heavy atom. The lowest BCUT2D eigenvalue weighted by Crippen LogP contribution is -2.50. The molecule has 1 saturated heterocycles. The van der Waals surface area contributed by atoms with Gasteiger partial charge in [0.15, 0.2) is 5.69 Å². The van der Waals surface area contributed by atoms with E-state index >= 15 is 0 Å². The summed E-state index contributed by atoms with van der Waals surface area (Å²) in [6, 6.07) is 8.59. The first-order valence-corrected chi connectivity index (χ1v) is 7.53. The third-order valence-corrected chi connectivity index (χ3v) is 3.90. The summed E-state index contributed by atoms with van der Waals surface area (Å²) in [5, 5.41) is 8.26. The van der Waals surface area contributed by atoms with Crippen molar-refractivity contribution in [3.05, 3.63) is 53.4 Å². The molecule has 1 fully saturated rings. The summed E-state index contributed by atoms with van der Waals surface area (Å²) in [6.07, 6.45) is -4.12. The van der Waals surface area contributed by atoms with Crippen molar-refractivity contribution in [2.45, 2.75) is 31.1 Å². The average Bonchev–Trinajstić information content (AvgIpc) is 3.08. The van der Waals surface area contributed by atoms with E-state index in [9.17, 15) is 22.8 Å². The van der Waals surface area contributed by atoms with Crippen LogP contribution in [0.5, 0.6) is 0 Å². The SMILES string of the molecule is O=C1CC[C@@H](NC(=O)c2cc(C(F)(F)F)no2)[C@H](c2ccccc2)N1. The van der Waals surface area contributed by atoms with Crippen molar-refractivity contribution in [1.29, 1.82) is 0 Å². The van der Waals surface area contributed by atoms with Crippen molar-refractivity contribution in [2.75, 3.05) is 0 Å². The molecule has 0 bridgehead atoms. The molecule has 2 amide bonds. The fourth-order valence-corrected chi connectivity index (χ4v) is 2.69. The van der Waals surface area contributed by atoms with Gasteiger partial charge in [-0.3, -0.25) is 9.59 Å². The van der Waals surface area contributed by atoms with Crippen LogP contribution in [0, 0.1) is 0 Å². The van der Waals surface area contributed by atoms with Gasteiger partial charge in [0, 0.05) is 12.5 Å². The molecule has 0 spiro atoms. The second-order valence-corrected chi connectivity index (χ2v) is 5.65.